The van der Waals surface area contributed by atoms with Gasteiger partial charge in [0.05, 0.1) is 28.5 Å². The predicted octanol–water partition coefficient (Wildman–Crippen LogP) is 7.22. The Labute approximate surface area is 166 Å². The topological polar surface area (TPSA) is 24.4 Å². The average Bonchev–Trinajstić information content (AvgIpc) is 3.23. The smallest absolute Gasteiger partial charge is 0.360 e. The summed E-state index contributed by atoms with van der Waals surface area (Å²) in [6.07, 6.45) is 12.9. The van der Waals surface area contributed by atoms with Crippen molar-refractivity contribution < 1.29 is 8.83 Å². The van der Waals surface area contributed by atoms with Gasteiger partial charge in [-0.25, -0.2) is 4.42 Å². The van der Waals surface area contributed by atoms with Crippen LogP contribution in [-0.4, -0.2) is 0 Å². The summed E-state index contributed by atoms with van der Waals surface area (Å²) in [6.45, 7) is 2.29. The van der Waals surface area contributed by atoms with Crippen LogP contribution in [0, 0.1) is 6.92 Å². The van der Waals surface area contributed by atoms with Crippen molar-refractivity contribution in [1.29, 1.82) is 0 Å². The van der Waals surface area contributed by atoms with Crippen LogP contribution in [0.2, 0.25) is 0 Å². The van der Waals surface area contributed by atoms with Crippen molar-refractivity contribution >= 4 is 23.3 Å². The van der Waals surface area contributed by atoms with Crippen molar-refractivity contribution in [3.63, 3.8) is 0 Å². The summed E-state index contributed by atoms with van der Waals surface area (Å²) >= 11 is 0. The second-order valence-corrected chi connectivity index (χ2v) is 7.81. The third kappa shape index (κ3) is 3.13. The number of rotatable bonds is 2. The Bertz CT molecular complexity index is 1050. The van der Waals surface area contributed by atoms with E-state index in [1.54, 1.807) is 6.26 Å². The monoisotopic (exact) mass is 369 g/mol. The number of allylic oxidation sites excluding steroid dienone is 2. The van der Waals surface area contributed by atoms with Crippen molar-refractivity contribution in [2.24, 2.45) is 0 Å². The zero-order valence-corrected chi connectivity index (χ0v) is 16.3. The van der Waals surface area contributed by atoms with Gasteiger partial charge in [0.1, 0.15) is 5.76 Å². The Kier molecular flexibility index (Phi) is 4.48. The summed E-state index contributed by atoms with van der Waals surface area (Å²) in [5.41, 5.74) is 8.05. The van der Waals surface area contributed by atoms with E-state index < -0.39 is 0 Å². The molecular weight excluding hydrogens is 344 g/mol. The molecule has 0 N–H and O–H groups in total. The summed E-state index contributed by atoms with van der Waals surface area (Å²) in [6, 6.07) is 14.5. The van der Waals surface area contributed by atoms with Gasteiger partial charge in [0.2, 0.25) is 0 Å². The first kappa shape index (κ1) is 17.2. The second kappa shape index (κ2) is 7.27. The highest BCUT2D eigenvalue weighted by Crippen LogP contribution is 2.42. The Morgan fingerprint density at radius 2 is 1.46 bits per heavy atom. The first-order valence-corrected chi connectivity index (χ1v) is 10.3. The summed E-state index contributed by atoms with van der Waals surface area (Å²) in [5.74, 6) is 3.06. The quantitative estimate of drug-likeness (QED) is 0.446. The van der Waals surface area contributed by atoms with Gasteiger partial charge in [0, 0.05) is 0 Å². The maximum Gasteiger partial charge on any atom is 0.360 e. The Hall–Kier alpha value is -2.87. The number of furan rings is 1. The van der Waals surface area contributed by atoms with E-state index in [4.69, 9.17) is 8.83 Å². The van der Waals surface area contributed by atoms with E-state index >= 15 is 0 Å². The van der Waals surface area contributed by atoms with Gasteiger partial charge < -0.3 is 4.42 Å². The van der Waals surface area contributed by atoms with E-state index in [1.807, 2.05) is 12.1 Å². The van der Waals surface area contributed by atoms with Gasteiger partial charge in [0.25, 0.3) is 0 Å². The summed E-state index contributed by atoms with van der Waals surface area (Å²) < 4.78 is 12.2. The standard InChI is InChI=1S/C26H25O2/c1-18-23-13-5-10-20(16-19-8-3-2-4-9-19)25(23)28-26-21(11-6-14-24(18)26)17-22-12-7-15-27-22/h2-4,7-9,12,15-17H,5-6,10-11,13-14H2,1H3/q+1/b20-16+. The minimum atomic E-state index is 0.897. The van der Waals surface area contributed by atoms with Crippen LogP contribution in [0.1, 0.15) is 65.2 Å². The van der Waals surface area contributed by atoms with E-state index in [2.05, 4.69) is 49.4 Å². The van der Waals surface area contributed by atoms with Crippen LogP contribution in [0.25, 0.3) is 23.3 Å². The second-order valence-electron chi connectivity index (χ2n) is 7.81. The zero-order chi connectivity index (χ0) is 18.9. The van der Waals surface area contributed by atoms with Gasteiger partial charge in [-0.15, -0.1) is 0 Å². The maximum atomic E-state index is 6.67. The van der Waals surface area contributed by atoms with Crippen molar-refractivity contribution in [3.8, 4) is 0 Å². The fraction of sp³-hybridized carbons (Fsp3) is 0.269. The van der Waals surface area contributed by atoms with Gasteiger partial charge in [-0.05, 0) is 80.9 Å². The SMILES string of the molecule is Cc1c2c([o+]c3c1CCC/C3=C\c1ccco1)/C(=C/c1ccccc1)CCC2. The van der Waals surface area contributed by atoms with E-state index in [9.17, 15) is 0 Å². The van der Waals surface area contributed by atoms with Gasteiger partial charge in [0.15, 0.2) is 0 Å². The molecule has 1 aromatic carbocycles. The van der Waals surface area contributed by atoms with Gasteiger partial charge in [-0.2, -0.15) is 0 Å². The molecule has 0 saturated heterocycles. The van der Waals surface area contributed by atoms with Crippen LogP contribution in [0.5, 0.6) is 0 Å². The van der Waals surface area contributed by atoms with Crippen LogP contribution in [0.3, 0.4) is 0 Å². The first-order chi connectivity index (χ1) is 13.8. The Morgan fingerprint density at radius 1 is 0.786 bits per heavy atom. The normalized spacial score (nSPS) is 18.9. The highest BCUT2D eigenvalue weighted by atomic mass is 16.3. The predicted molar refractivity (Wildman–Crippen MR) is 115 cm³/mol. The molecule has 2 aromatic heterocycles. The Balaban J connectivity index is 1.66. The van der Waals surface area contributed by atoms with E-state index in [0.29, 0.717) is 0 Å². The first-order valence-electron chi connectivity index (χ1n) is 10.3. The molecule has 0 fully saturated rings. The molecule has 2 nitrogen and oxygen atoms in total. The van der Waals surface area contributed by atoms with Gasteiger partial charge >= 0.3 is 11.5 Å². The molecule has 0 radical (unpaired) electrons. The van der Waals surface area contributed by atoms with E-state index in [1.165, 1.54) is 46.2 Å². The van der Waals surface area contributed by atoms with Crippen molar-refractivity contribution in [1.82, 2.24) is 0 Å². The molecule has 0 aliphatic heterocycles. The van der Waals surface area contributed by atoms with Crippen LogP contribution < -0.4 is 0 Å². The van der Waals surface area contributed by atoms with Crippen LogP contribution in [-0.2, 0) is 12.8 Å². The van der Waals surface area contributed by atoms with E-state index in [-0.39, 0.29) is 0 Å². The molecule has 2 aliphatic carbocycles. The van der Waals surface area contributed by atoms with Crippen LogP contribution >= 0.6 is 0 Å². The number of fused-ring (bicyclic) bond motifs is 2. The maximum absolute atomic E-state index is 6.67. The fourth-order valence-corrected chi connectivity index (χ4v) is 4.58. The van der Waals surface area contributed by atoms with Crippen molar-refractivity contribution in [2.45, 2.75) is 45.4 Å². The third-order valence-corrected chi connectivity index (χ3v) is 5.99. The number of hydrogen-bond donors (Lipinski definition) is 0. The van der Waals surface area contributed by atoms with Crippen molar-refractivity contribution in [3.05, 3.63) is 88.3 Å². The molecule has 0 spiro atoms. The van der Waals surface area contributed by atoms with Crippen LogP contribution in [0.4, 0.5) is 0 Å². The largest absolute Gasteiger partial charge is 0.465 e. The number of hydrogen-bond acceptors (Lipinski definition) is 1. The minimum absolute atomic E-state index is 0.897. The molecule has 0 bridgehead atoms. The molecule has 0 amide bonds. The molecule has 140 valence electrons. The molecule has 0 saturated carbocycles. The molecule has 0 atom stereocenters. The fourth-order valence-electron chi connectivity index (χ4n) is 4.58. The molecule has 2 heteroatoms. The van der Waals surface area contributed by atoms with Crippen molar-refractivity contribution in [2.75, 3.05) is 0 Å². The van der Waals surface area contributed by atoms with E-state index in [0.717, 1.165) is 43.0 Å². The lowest BCUT2D eigenvalue weighted by Gasteiger charge is -2.19. The van der Waals surface area contributed by atoms with Crippen LogP contribution in [0.15, 0.2) is 57.6 Å². The average molecular weight is 369 g/mol. The lowest BCUT2D eigenvalue weighted by molar-refractivity contribution is 0.481. The molecule has 5 rings (SSSR count). The molecule has 0 unspecified atom stereocenters. The molecule has 28 heavy (non-hydrogen) atoms. The highest BCUT2D eigenvalue weighted by Gasteiger charge is 2.35. The molecular formula is C26H25O2+. The highest BCUT2D eigenvalue weighted by molar-refractivity contribution is 5.85. The minimum Gasteiger partial charge on any atom is -0.465 e. The molecule has 2 aliphatic rings. The zero-order valence-electron chi connectivity index (χ0n) is 16.3. The summed E-state index contributed by atoms with van der Waals surface area (Å²) in [4.78, 5) is 0. The third-order valence-electron chi connectivity index (χ3n) is 5.99. The lowest BCUT2D eigenvalue weighted by atomic mass is 9.83. The molecule has 3 aromatic rings. The van der Waals surface area contributed by atoms with Gasteiger partial charge in [-0.1, -0.05) is 30.3 Å². The summed E-state index contributed by atoms with van der Waals surface area (Å²) in [5, 5.41) is 0. The van der Waals surface area contributed by atoms with Gasteiger partial charge in [-0.3, -0.25) is 0 Å². The lowest BCUT2D eigenvalue weighted by Crippen LogP contribution is -2.12. The number of benzene rings is 1. The Morgan fingerprint density at radius 3 is 2.11 bits per heavy atom. The molecule has 2 heterocycles. The summed E-state index contributed by atoms with van der Waals surface area (Å²) in [7, 11) is 0.